The molecule has 4 nitrogen and oxygen atoms in total. The highest BCUT2D eigenvalue weighted by Gasteiger charge is 2.23. The molecule has 3 rings (SSSR count). The van der Waals surface area contributed by atoms with Crippen molar-refractivity contribution in [3.63, 3.8) is 0 Å². The van der Waals surface area contributed by atoms with Crippen molar-refractivity contribution in [2.75, 3.05) is 5.75 Å². The molecule has 104 valence electrons. The zero-order valence-electron chi connectivity index (χ0n) is 10.6. The van der Waals surface area contributed by atoms with E-state index in [4.69, 9.17) is 0 Å². The predicted octanol–water partition coefficient (Wildman–Crippen LogP) is 3.47. The lowest BCUT2D eigenvalue weighted by Gasteiger charge is -2.11. The number of rotatable bonds is 2. The van der Waals surface area contributed by atoms with Crippen molar-refractivity contribution in [1.29, 1.82) is 0 Å². The molecule has 0 radical (unpaired) electrons. The van der Waals surface area contributed by atoms with E-state index in [1.807, 2.05) is 18.2 Å². The highest BCUT2D eigenvalue weighted by molar-refractivity contribution is 9.10. The molecule has 0 amide bonds. The molecule has 2 N–H and O–H groups in total. The number of H-pyrrole nitrogens is 1. The Hall–Kier alpha value is -1.27. The van der Waals surface area contributed by atoms with Crippen LogP contribution < -0.4 is 5.56 Å². The van der Waals surface area contributed by atoms with Gasteiger partial charge in [-0.15, -0.1) is 0 Å². The summed E-state index contributed by atoms with van der Waals surface area (Å²) in [6, 6.07) is 7.28. The third-order valence-corrected chi connectivity index (χ3v) is 5.37. The van der Waals surface area contributed by atoms with E-state index in [0.29, 0.717) is 11.4 Å². The standard InChI is InChI=1S/C14H13BrN2O2S/c15-9-5-2-1-4-8(9)11-13(18)16-12(17-14(11)19)10-6-3-7-20-10/h1-2,4-5,10H,3,6-7H2,(H2,16,17,18,19). The van der Waals surface area contributed by atoms with Crippen LogP contribution >= 0.6 is 27.7 Å². The number of thioether (sulfide) groups is 1. The van der Waals surface area contributed by atoms with E-state index in [9.17, 15) is 9.90 Å². The maximum Gasteiger partial charge on any atom is 0.262 e. The average molecular weight is 353 g/mol. The van der Waals surface area contributed by atoms with E-state index in [-0.39, 0.29) is 22.3 Å². The molecule has 0 aliphatic carbocycles. The van der Waals surface area contributed by atoms with Crippen molar-refractivity contribution < 1.29 is 5.11 Å². The Morgan fingerprint density at radius 2 is 2.20 bits per heavy atom. The molecule has 1 atom stereocenters. The molecule has 6 heteroatoms. The molecule has 1 saturated heterocycles. The first-order chi connectivity index (χ1) is 9.66. The molecule has 1 aromatic carbocycles. The summed E-state index contributed by atoms with van der Waals surface area (Å²) in [6.07, 6.45) is 2.10. The predicted molar refractivity (Wildman–Crippen MR) is 84.1 cm³/mol. The summed E-state index contributed by atoms with van der Waals surface area (Å²) in [5.74, 6) is 1.44. The van der Waals surface area contributed by atoms with Crippen LogP contribution in [0.15, 0.2) is 33.5 Å². The van der Waals surface area contributed by atoms with Crippen molar-refractivity contribution in [2.24, 2.45) is 0 Å². The van der Waals surface area contributed by atoms with Gasteiger partial charge in [-0.05, 0) is 24.7 Å². The van der Waals surface area contributed by atoms with Gasteiger partial charge in [0.2, 0.25) is 5.88 Å². The van der Waals surface area contributed by atoms with Gasteiger partial charge < -0.3 is 10.1 Å². The maximum atomic E-state index is 12.3. The fourth-order valence-electron chi connectivity index (χ4n) is 2.33. The number of nitrogens with zero attached hydrogens (tertiary/aromatic N) is 1. The van der Waals surface area contributed by atoms with E-state index in [2.05, 4.69) is 25.9 Å². The second-order valence-corrected chi connectivity index (χ2v) is 6.80. The molecule has 1 unspecified atom stereocenters. The van der Waals surface area contributed by atoms with Crippen LogP contribution in [0.3, 0.4) is 0 Å². The van der Waals surface area contributed by atoms with Gasteiger partial charge in [0.25, 0.3) is 5.56 Å². The summed E-state index contributed by atoms with van der Waals surface area (Å²) < 4.78 is 0.755. The lowest BCUT2D eigenvalue weighted by atomic mass is 10.1. The number of nitrogens with one attached hydrogen (secondary N) is 1. The maximum absolute atomic E-state index is 12.3. The van der Waals surface area contributed by atoms with Crippen LogP contribution in [0.1, 0.15) is 23.9 Å². The van der Waals surface area contributed by atoms with Gasteiger partial charge in [0.05, 0.1) is 5.25 Å². The summed E-state index contributed by atoms with van der Waals surface area (Å²) in [4.78, 5) is 19.3. The second kappa shape index (κ2) is 5.61. The molecule has 20 heavy (non-hydrogen) atoms. The van der Waals surface area contributed by atoms with Crippen LogP contribution in [-0.4, -0.2) is 20.8 Å². The molecular formula is C14H13BrN2O2S. The summed E-state index contributed by atoms with van der Waals surface area (Å²) in [5.41, 5.74) is 0.556. The third-order valence-electron chi connectivity index (χ3n) is 3.30. The smallest absolute Gasteiger partial charge is 0.262 e. The van der Waals surface area contributed by atoms with Gasteiger partial charge >= 0.3 is 0 Å². The molecule has 1 fully saturated rings. The normalized spacial score (nSPS) is 18.4. The lowest BCUT2D eigenvalue weighted by molar-refractivity contribution is 0.449. The summed E-state index contributed by atoms with van der Waals surface area (Å²) >= 11 is 5.16. The largest absolute Gasteiger partial charge is 0.493 e. The van der Waals surface area contributed by atoms with E-state index in [1.54, 1.807) is 17.8 Å². The number of benzene rings is 1. The van der Waals surface area contributed by atoms with Crippen LogP contribution in [0.4, 0.5) is 0 Å². The number of hydrogen-bond acceptors (Lipinski definition) is 4. The minimum atomic E-state index is -0.299. The Kier molecular flexibility index (Phi) is 3.85. The van der Waals surface area contributed by atoms with Crippen molar-refractivity contribution in [3.05, 3.63) is 44.9 Å². The van der Waals surface area contributed by atoms with Crippen LogP contribution in [0.2, 0.25) is 0 Å². The van der Waals surface area contributed by atoms with Crippen LogP contribution in [0, 0.1) is 0 Å². The number of halogens is 1. The lowest BCUT2D eigenvalue weighted by Crippen LogP contribution is -2.15. The SMILES string of the molecule is O=c1[nH]c(C2CCCS2)nc(O)c1-c1ccccc1Br. The van der Waals surface area contributed by atoms with Gasteiger partial charge in [-0.2, -0.15) is 16.7 Å². The first-order valence-corrected chi connectivity index (χ1v) is 8.20. The summed E-state index contributed by atoms with van der Waals surface area (Å²) in [5, 5.41) is 10.3. The number of aromatic hydroxyl groups is 1. The van der Waals surface area contributed by atoms with E-state index < -0.39 is 0 Å². The van der Waals surface area contributed by atoms with Gasteiger partial charge in [-0.3, -0.25) is 4.79 Å². The van der Waals surface area contributed by atoms with Crippen molar-refractivity contribution in [2.45, 2.75) is 18.1 Å². The quantitative estimate of drug-likeness (QED) is 0.868. The topological polar surface area (TPSA) is 66.0 Å². The summed E-state index contributed by atoms with van der Waals surface area (Å²) in [6.45, 7) is 0. The highest BCUT2D eigenvalue weighted by atomic mass is 79.9. The number of aromatic amines is 1. The molecule has 0 bridgehead atoms. The van der Waals surface area contributed by atoms with Crippen molar-refractivity contribution in [3.8, 4) is 17.0 Å². The fourth-order valence-corrected chi connectivity index (χ4v) is 4.03. The Balaban J connectivity index is 2.10. The van der Waals surface area contributed by atoms with E-state index in [1.165, 1.54) is 0 Å². The summed E-state index contributed by atoms with van der Waals surface area (Å²) in [7, 11) is 0. The Morgan fingerprint density at radius 1 is 1.40 bits per heavy atom. The van der Waals surface area contributed by atoms with Crippen LogP contribution in [-0.2, 0) is 0 Å². The minimum absolute atomic E-state index is 0.182. The zero-order valence-corrected chi connectivity index (χ0v) is 13.0. The fraction of sp³-hybridized carbons (Fsp3) is 0.286. The first-order valence-electron chi connectivity index (χ1n) is 6.36. The number of aromatic nitrogens is 2. The van der Waals surface area contributed by atoms with Gasteiger partial charge in [-0.25, -0.2) is 0 Å². The molecule has 0 spiro atoms. The molecule has 2 heterocycles. The monoisotopic (exact) mass is 352 g/mol. The zero-order chi connectivity index (χ0) is 14.1. The Bertz CT molecular complexity index is 696. The van der Waals surface area contributed by atoms with E-state index in [0.717, 1.165) is 23.1 Å². The number of hydrogen-bond donors (Lipinski definition) is 2. The molecule has 1 aliphatic rings. The Morgan fingerprint density at radius 3 is 2.85 bits per heavy atom. The molecule has 1 aromatic heterocycles. The van der Waals surface area contributed by atoms with Crippen LogP contribution in [0.25, 0.3) is 11.1 Å². The molecule has 0 saturated carbocycles. The first kappa shape index (κ1) is 13.7. The average Bonchev–Trinajstić information content (AvgIpc) is 2.94. The second-order valence-electron chi connectivity index (χ2n) is 4.63. The van der Waals surface area contributed by atoms with Gasteiger partial charge in [0, 0.05) is 10.0 Å². The molecule has 2 aromatic rings. The van der Waals surface area contributed by atoms with Crippen molar-refractivity contribution >= 4 is 27.7 Å². The minimum Gasteiger partial charge on any atom is -0.493 e. The van der Waals surface area contributed by atoms with Crippen LogP contribution in [0.5, 0.6) is 5.88 Å². The Labute approximate surface area is 128 Å². The van der Waals surface area contributed by atoms with E-state index >= 15 is 0 Å². The molecule has 1 aliphatic heterocycles. The van der Waals surface area contributed by atoms with Gasteiger partial charge in [0.1, 0.15) is 11.4 Å². The highest BCUT2D eigenvalue weighted by Crippen LogP contribution is 2.39. The molecular weight excluding hydrogens is 340 g/mol. The van der Waals surface area contributed by atoms with Gasteiger partial charge in [-0.1, -0.05) is 34.1 Å². The third kappa shape index (κ3) is 2.50. The van der Waals surface area contributed by atoms with Gasteiger partial charge in [0.15, 0.2) is 0 Å². The van der Waals surface area contributed by atoms with Crippen molar-refractivity contribution in [1.82, 2.24) is 9.97 Å².